The normalized spacial score (nSPS) is 11.5. The van der Waals surface area contributed by atoms with Crippen LogP contribution >= 0.6 is 11.8 Å². The fraction of sp³-hybridized carbons (Fsp3) is 0.250. The van der Waals surface area contributed by atoms with Crippen molar-refractivity contribution in [2.45, 2.75) is 31.4 Å². The van der Waals surface area contributed by atoms with Crippen LogP contribution < -0.4 is 5.32 Å². The summed E-state index contributed by atoms with van der Waals surface area (Å²) in [7, 11) is 0. The number of carbonyl (C=O) groups excluding carboxylic acids is 2. The van der Waals surface area contributed by atoms with Gasteiger partial charge in [-0.05, 0) is 35.2 Å². The molecule has 6 heteroatoms. The summed E-state index contributed by atoms with van der Waals surface area (Å²) in [4.78, 5) is 28.5. The molecule has 1 aromatic heterocycles. The number of hydrogen-bond donors (Lipinski definition) is 1. The maximum atomic E-state index is 12.2. The molecule has 0 unspecified atom stereocenters. The van der Waals surface area contributed by atoms with E-state index in [-0.39, 0.29) is 17.1 Å². The number of thioether (sulfide) groups is 1. The van der Waals surface area contributed by atoms with Crippen LogP contribution in [0.15, 0.2) is 58.2 Å². The van der Waals surface area contributed by atoms with Crippen LogP contribution in [0.4, 0.5) is 0 Å². The molecule has 0 saturated carbocycles. The zero-order valence-corrected chi connectivity index (χ0v) is 15.7. The van der Waals surface area contributed by atoms with E-state index in [0.29, 0.717) is 16.4 Å². The quantitative estimate of drug-likeness (QED) is 0.700. The molecule has 0 bridgehead atoms. The lowest BCUT2D eigenvalue weighted by atomic mass is 9.87. The first-order valence-electron chi connectivity index (χ1n) is 8.26. The van der Waals surface area contributed by atoms with E-state index in [0.717, 1.165) is 22.8 Å². The number of imide groups is 1. The van der Waals surface area contributed by atoms with Gasteiger partial charge in [-0.15, -0.1) is 0 Å². The van der Waals surface area contributed by atoms with Gasteiger partial charge < -0.3 is 4.42 Å². The molecule has 0 saturated heterocycles. The molecule has 0 aliphatic rings. The van der Waals surface area contributed by atoms with Gasteiger partial charge in [0.15, 0.2) is 5.58 Å². The van der Waals surface area contributed by atoms with Gasteiger partial charge in [0.1, 0.15) is 5.52 Å². The molecule has 5 nitrogen and oxygen atoms in total. The Bertz CT molecular complexity index is 907. The SMILES string of the molecule is CC(C)(C)c1ccc(C(=O)NC(=O)CSc2nc3ccccc3o2)cc1. The lowest BCUT2D eigenvalue weighted by Gasteiger charge is -2.18. The van der Waals surface area contributed by atoms with E-state index in [1.165, 1.54) is 0 Å². The summed E-state index contributed by atoms with van der Waals surface area (Å²) in [5, 5.41) is 2.80. The van der Waals surface area contributed by atoms with Gasteiger partial charge in [0.25, 0.3) is 11.1 Å². The number of benzene rings is 2. The summed E-state index contributed by atoms with van der Waals surface area (Å²) in [6, 6.07) is 14.7. The van der Waals surface area contributed by atoms with Gasteiger partial charge in [0.05, 0.1) is 5.75 Å². The van der Waals surface area contributed by atoms with Crippen molar-refractivity contribution in [2.24, 2.45) is 0 Å². The van der Waals surface area contributed by atoms with Gasteiger partial charge >= 0.3 is 0 Å². The second kappa shape index (κ2) is 7.33. The number of nitrogens with one attached hydrogen (secondary N) is 1. The Morgan fingerprint density at radius 3 is 2.42 bits per heavy atom. The summed E-state index contributed by atoms with van der Waals surface area (Å²) in [6.45, 7) is 6.32. The molecule has 2 aromatic carbocycles. The monoisotopic (exact) mass is 368 g/mol. The molecule has 134 valence electrons. The van der Waals surface area contributed by atoms with E-state index >= 15 is 0 Å². The number of aromatic nitrogens is 1. The maximum absolute atomic E-state index is 12.2. The Morgan fingerprint density at radius 1 is 1.08 bits per heavy atom. The maximum Gasteiger partial charge on any atom is 0.257 e. The number of amides is 2. The van der Waals surface area contributed by atoms with Gasteiger partial charge in [-0.25, -0.2) is 4.98 Å². The Labute approximate surface area is 156 Å². The van der Waals surface area contributed by atoms with Gasteiger partial charge in [0.2, 0.25) is 5.91 Å². The first-order chi connectivity index (χ1) is 12.3. The molecule has 0 fully saturated rings. The Kier molecular flexibility index (Phi) is 5.13. The first kappa shape index (κ1) is 18.2. The highest BCUT2D eigenvalue weighted by atomic mass is 32.2. The fourth-order valence-electron chi connectivity index (χ4n) is 2.40. The lowest BCUT2D eigenvalue weighted by Crippen LogP contribution is -2.31. The van der Waals surface area contributed by atoms with Crippen molar-refractivity contribution in [3.05, 3.63) is 59.7 Å². The van der Waals surface area contributed by atoms with Crippen LogP contribution in [0.5, 0.6) is 0 Å². The predicted octanol–water partition coefficient (Wildman–Crippen LogP) is 4.17. The third-order valence-corrected chi connectivity index (χ3v) is 4.70. The summed E-state index contributed by atoms with van der Waals surface area (Å²) < 4.78 is 5.54. The zero-order chi connectivity index (χ0) is 18.7. The zero-order valence-electron chi connectivity index (χ0n) is 14.9. The third-order valence-electron chi connectivity index (χ3n) is 3.87. The van der Waals surface area contributed by atoms with Crippen molar-refractivity contribution in [2.75, 3.05) is 5.75 Å². The van der Waals surface area contributed by atoms with Crippen LogP contribution in [0, 0.1) is 0 Å². The number of hydrogen-bond acceptors (Lipinski definition) is 5. The van der Waals surface area contributed by atoms with Crippen LogP contribution in [-0.4, -0.2) is 22.6 Å². The second-order valence-corrected chi connectivity index (χ2v) is 7.87. The highest BCUT2D eigenvalue weighted by Gasteiger charge is 2.16. The average molecular weight is 368 g/mol. The van der Waals surface area contributed by atoms with E-state index in [9.17, 15) is 9.59 Å². The lowest BCUT2D eigenvalue weighted by molar-refractivity contribution is -0.117. The van der Waals surface area contributed by atoms with Crippen molar-refractivity contribution in [1.29, 1.82) is 0 Å². The van der Waals surface area contributed by atoms with Crippen LogP contribution in [0.3, 0.4) is 0 Å². The molecule has 0 spiro atoms. The van der Waals surface area contributed by atoms with Gasteiger partial charge in [0, 0.05) is 5.56 Å². The minimum Gasteiger partial charge on any atom is -0.431 e. The molecule has 0 aliphatic heterocycles. The average Bonchev–Trinajstić information content (AvgIpc) is 3.02. The summed E-state index contributed by atoms with van der Waals surface area (Å²) in [5.74, 6) is -0.741. The van der Waals surface area contributed by atoms with Gasteiger partial charge in [-0.2, -0.15) is 0 Å². The molecule has 3 rings (SSSR count). The first-order valence-corrected chi connectivity index (χ1v) is 9.24. The van der Waals surface area contributed by atoms with Crippen LogP contribution in [0.2, 0.25) is 0 Å². The van der Waals surface area contributed by atoms with Crippen molar-refractivity contribution in [1.82, 2.24) is 10.3 Å². The largest absolute Gasteiger partial charge is 0.431 e. The number of carbonyl (C=O) groups is 2. The van der Waals surface area contributed by atoms with Crippen molar-refractivity contribution in [3.63, 3.8) is 0 Å². The fourth-order valence-corrected chi connectivity index (χ4v) is 3.03. The Morgan fingerprint density at radius 2 is 1.77 bits per heavy atom. The van der Waals surface area contributed by atoms with Crippen LogP contribution in [0.1, 0.15) is 36.7 Å². The second-order valence-electron chi connectivity index (χ2n) is 6.94. The van der Waals surface area contributed by atoms with Gasteiger partial charge in [-0.3, -0.25) is 14.9 Å². The summed E-state index contributed by atoms with van der Waals surface area (Å²) >= 11 is 1.16. The van der Waals surface area contributed by atoms with Crippen LogP contribution in [0.25, 0.3) is 11.1 Å². The highest BCUT2D eigenvalue weighted by Crippen LogP contribution is 2.23. The minimum atomic E-state index is -0.409. The molecule has 3 aromatic rings. The Balaban J connectivity index is 1.56. The van der Waals surface area contributed by atoms with E-state index in [2.05, 4.69) is 31.1 Å². The van der Waals surface area contributed by atoms with E-state index in [1.807, 2.05) is 36.4 Å². The van der Waals surface area contributed by atoms with E-state index < -0.39 is 5.91 Å². The topological polar surface area (TPSA) is 72.2 Å². The van der Waals surface area contributed by atoms with E-state index in [4.69, 9.17) is 4.42 Å². The number of nitrogens with zero attached hydrogens (tertiary/aromatic N) is 1. The van der Waals surface area contributed by atoms with Crippen molar-refractivity contribution in [3.8, 4) is 0 Å². The molecule has 0 atom stereocenters. The minimum absolute atomic E-state index is 0.0149. The number of para-hydroxylation sites is 2. The van der Waals surface area contributed by atoms with E-state index in [1.54, 1.807) is 12.1 Å². The number of oxazole rings is 1. The molecular weight excluding hydrogens is 348 g/mol. The standard InChI is InChI=1S/C20H20N2O3S/c1-20(2,3)14-10-8-13(9-11-14)18(24)22-17(23)12-26-19-21-15-6-4-5-7-16(15)25-19/h4-11H,12H2,1-3H3,(H,22,23,24). The molecular formula is C20H20N2O3S. The molecule has 2 amide bonds. The molecule has 0 radical (unpaired) electrons. The van der Waals surface area contributed by atoms with Crippen molar-refractivity contribution < 1.29 is 14.0 Å². The molecule has 0 aliphatic carbocycles. The third kappa shape index (κ3) is 4.32. The number of rotatable bonds is 4. The van der Waals surface area contributed by atoms with Crippen molar-refractivity contribution >= 4 is 34.7 Å². The van der Waals surface area contributed by atoms with Crippen LogP contribution in [-0.2, 0) is 10.2 Å². The molecule has 1 N–H and O–H groups in total. The predicted molar refractivity (Wildman–Crippen MR) is 102 cm³/mol. The summed E-state index contributed by atoms with van der Waals surface area (Å²) in [6.07, 6.45) is 0. The Hall–Kier alpha value is -2.60. The van der Waals surface area contributed by atoms with Gasteiger partial charge in [-0.1, -0.05) is 56.8 Å². The number of fused-ring (bicyclic) bond motifs is 1. The summed E-state index contributed by atoms with van der Waals surface area (Å²) in [5.41, 5.74) is 3.02. The highest BCUT2D eigenvalue weighted by molar-refractivity contribution is 7.99. The smallest absolute Gasteiger partial charge is 0.257 e. The molecule has 1 heterocycles. The molecule has 26 heavy (non-hydrogen) atoms.